The van der Waals surface area contributed by atoms with Crippen molar-refractivity contribution in [3.8, 4) is 5.75 Å². The summed E-state index contributed by atoms with van der Waals surface area (Å²) in [5, 5.41) is 9.06. The van der Waals surface area contributed by atoms with Crippen molar-refractivity contribution in [3.63, 3.8) is 0 Å². The maximum Gasteiger partial charge on any atom is 0.258 e. The van der Waals surface area contributed by atoms with Crippen molar-refractivity contribution >= 4 is 23.3 Å². The molecule has 0 atom stereocenters. The van der Waals surface area contributed by atoms with Crippen LogP contribution in [0.4, 0.5) is 11.5 Å². The van der Waals surface area contributed by atoms with E-state index in [-0.39, 0.29) is 16.9 Å². The molecule has 27 heavy (non-hydrogen) atoms. The van der Waals surface area contributed by atoms with Crippen LogP contribution in [0.5, 0.6) is 5.75 Å². The number of aromatic nitrogens is 2. The Labute approximate surface area is 155 Å². The zero-order valence-corrected chi connectivity index (χ0v) is 15.1. The zero-order valence-electron chi connectivity index (χ0n) is 15.1. The first kappa shape index (κ1) is 18.1. The van der Waals surface area contributed by atoms with Gasteiger partial charge >= 0.3 is 0 Å². The van der Waals surface area contributed by atoms with Gasteiger partial charge in [-0.25, -0.2) is 0 Å². The van der Waals surface area contributed by atoms with Crippen LogP contribution in [0, 0.1) is 13.8 Å². The minimum absolute atomic E-state index is 0.222. The highest BCUT2D eigenvalue weighted by Gasteiger charge is 2.14. The first-order chi connectivity index (χ1) is 13.0. The lowest BCUT2D eigenvalue weighted by atomic mass is 10.1. The third-order valence-corrected chi connectivity index (χ3v) is 3.74. The van der Waals surface area contributed by atoms with Gasteiger partial charge in [0.25, 0.3) is 11.8 Å². The van der Waals surface area contributed by atoms with Gasteiger partial charge in [0, 0.05) is 18.5 Å². The van der Waals surface area contributed by atoms with Gasteiger partial charge in [-0.3, -0.25) is 14.6 Å². The Hall–Kier alpha value is -3.68. The number of carbonyl (C=O) groups excluding carboxylic acids is 2. The molecule has 0 radical (unpaired) electrons. The second kappa shape index (κ2) is 7.69. The standard InChI is InChI=1S/C19H18N4O4/c1-11-4-5-16(26-3)15(6-11)21-18(24)13-8-14(10-20-9-13)19(25)22-17-7-12(2)27-23-17/h4-10H,1-3H3,(H,21,24)(H,22,23,25). The second-order valence-electron chi connectivity index (χ2n) is 5.90. The summed E-state index contributed by atoms with van der Waals surface area (Å²) < 4.78 is 10.2. The quantitative estimate of drug-likeness (QED) is 0.718. The van der Waals surface area contributed by atoms with Crippen LogP contribution in [0.2, 0.25) is 0 Å². The summed E-state index contributed by atoms with van der Waals surface area (Å²) in [6, 6.07) is 8.49. The van der Waals surface area contributed by atoms with Gasteiger partial charge in [0.15, 0.2) is 5.82 Å². The van der Waals surface area contributed by atoms with E-state index >= 15 is 0 Å². The topological polar surface area (TPSA) is 106 Å². The van der Waals surface area contributed by atoms with E-state index in [1.54, 1.807) is 25.1 Å². The number of aryl methyl sites for hydroxylation is 2. The van der Waals surface area contributed by atoms with Gasteiger partial charge in [0.05, 0.1) is 23.9 Å². The third-order valence-electron chi connectivity index (χ3n) is 3.74. The maximum absolute atomic E-state index is 12.6. The fraction of sp³-hybridized carbons (Fsp3) is 0.158. The molecule has 0 aliphatic carbocycles. The number of hydrogen-bond acceptors (Lipinski definition) is 6. The van der Waals surface area contributed by atoms with E-state index < -0.39 is 11.8 Å². The minimum atomic E-state index is -0.446. The molecule has 3 rings (SSSR count). The fourth-order valence-electron chi connectivity index (χ4n) is 2.42. The van der Waals surface area contributed by atoms with Crippen molar-refractivity contribution in [1.29, 1.82) is 0 Å². The van der Waals surface area contributed by atoms with Crippen molar-refractivity contribution in [1.82, 2.24) is 10.1 Å². The number of methoxy groups -OCH3 is 1. The highest BCUT2D eigenvalue weighted by atomic mass is 16.5. The van der Waals surface area contributed by atoms with Gasteiger partial charge in [-0.2, -0.15) is 0 Å². The number of nitrogens with zero attached hydrogens (tertiary/aromatic N) is 2. The summed E-state index contributed by atoms with van der Waals surface area (Å²) in [7, 11) is 1.53. The average molecular weight is 366 g/mol. The number of pyridine rings is 1. The van der Waals surface area contributed by atoms with Crippen LogP contribution in [0.15, 0.2) is 47.2 Å². The summed E-state index contributed by atoms with van der Waals surface area (Å²) >= 11 is 0. The number of nitrogens with one attached hydrogen (secondary N) is 2. The van der Waals surface area contributed by atoms with Gasteiger partial charge in [-0.15, -0.1) is 0 Å². The summed E-state index contributed by atoms with van der Waals surface area (Å²) in [6.07, 6.45) is 2.75. The molecule has 0 bridgehead atoms. The number of amides is 2. The molecule has 0 aliphatic rings. The van der Waals surface area contributed by atoms with Crippen molar-refractivity contribution in [2.45, 2.75) is 13.8 Å². The van der Waals surface area contributed by atoms with Crippen LogP contribution in [0.1, 0.15) is 32.0 Å². The Morgan fingerprint density at radius 1 is 1.00 bits per heavy atom. The van der Waals surface area contributed by atoms with Crippen LogP contribution >= 0.6 is 0 Å². The molecule has 1 aromatic carbocycles. The molecule has 0 fully saturated rings. The van der Waals surface area contributed by atoms with E-state index in [0.29, 0.717) is 17.2 Å². The number of carbonyl (C=O) groups is 2. The normalized spacial score (nSPS) is 10.3. The molecule has 0 saturated heterocycles. The lowest BCUT2D eigenvalue weighted by molar-refractivity contribution is 0.102. The van der Waals surface area contributed by atoms with Crippen LogP contribution in [0.25, 0.3) is 0 Å². The molecule has 0 aliphatic heterocycles. The SMILES string of the molecule is COc1ccc(C)cc1NC(=O)c1cncc(C(=O)Nc2cc(C)on2)c1. The predicted molar refractivity (Wildman–Crippen MR) is 99.1 cm³/mol. The number of benzene rings is 1. The monoisotopic (exact) mass is 366 g/mol. The van der Waals surface area contributed by atoms with Crippen molar-refractivity contribution in [2.24, 2.45) is 0 Å². The van der Waals surface area contributed by atoms with E-state index in [1.807, 2.05) is 13.0 Å². The van der Waals surface area contributed by atoms with Gasteiger partial charge in [0.2, 0.25) is 0 Å². The average Bonchev–Trinajstić information content (AvgIpc) is 3.06. The highest BCUT2D eigenvalue weighted by molar-refractivity contribution is 6.08. The Bertz CT molecular complexity index is 997. The Morgan fingerprint density at radius 2 is 1.70 bits per heavy atom. The molecule has 0 unspecified atom stereocenters. The van der Waals surface area contributed by atoms with Gasteiger partial charge in [0.1, 0.15) is 11.5 Å². The van der Waals surface area contributed by atoms with Gasteiger partial charge < -0.3 is 19.9 Å². The van der Waals surface area contributed by atoms with Crippen LogP contribution in [-0.4, -0.2) is 29.1 Å². The van der Waals surface area contributed by atoms with Crippen molar-refractivity contribution < 1.29 is 18.8 Å². The Balaban J connectivity index is 1.77. The minimum Gasteiger partial charge on any atom is -0.495 e. The zero-order chi connectivity index (χ0) is 19.4. The molecule has 2 N–H and O–H groups in total. The Morgan fingerprint density at radius 3 is 2.33 bits per heavy atom. The van der Waals surface area contributed by atoms with Crippen LogP contribution < -0.4 is 15.4 Å². The number of anilines is 2. The lowest BCUT2D eigenvalue weighted by Gasteiger charge is -2.11. The van der Waals surface area contributed by atoms with E-state index in [2.05, 4.69) is 20.8 Å². The summed E-state index contributed by atoms with van der Waals surface area (Å²) in [4.78, 5) is 28.9. The molecule has 2 aromatic heterocycles. The number of hydrogen-bond donors (Lipinski definition) is 2. The molecular formula is C19H18N4O4. The highest BCUT2D eigenvalue weighted by Crippen LogP contribution is 2.25. The first-order valence-corrected chi connectivity index (χ1v) is 8.12. The smallest absolute Gasteiger partial charge is 0.258 e. The Kier molecular flexibility index (Phi) is 5.16. The molecular weight excluding hydrogens is 348 g/mol. The lowest BCUT2D eigenvalue weighted by Crippen LogP contribution is -2.16. The molecule has 8 heteroatoms. The van der Waals surface area contributed by atoms with E-state index in [9.17, 15) is 9.59 Å². The molecule has 0 spiro atoms. The van der Waals surface area contributed by atoms with Crippen molar-refractivity contribution in [2.75, 3.05) is 17.7 Å². The number of rotatable bonds is 5. The molecule has 2 heterocycles. The molecule has 3 aromatic rings. The summed E-state index contributed by atoms with van der Waals surface area (Å²) in [5.74, 6) is 0.551. The molecule has 0 saturated carbocycles. The van der Waals surface area contributed by atoms with Gasteiger partial charge in [-0.05, 0) is 37.6 Å². The number of ether oxygens (including phenoxy) is 1. The molecule has 2 amide bonds. The fourth-order valence-corrected chi connectivity index (χ4v) is 2.42. The van der Waals surface area contributed by atoms with Gasteiger partial charge in [-0.1, -0.05) is 11.2 Å². The van der Waals surface area contributed by atoms with E-state index in [0.717, 1.165) is 5.56 Å². The maximum atomic E-state index is 12.6. The largest absolute Gasteiger partial charge is 0.495 e. The summed E-state index contributed by atoms with van der Waals surface area (Å²) in [6.45, 7) is 3.63. The van der Waals surface area contributed by atoms with Crippen LogP contribution in [0.3, 0.4) is 0 Å². The van der Waals surface area contributed by atoms with E-state index in [4.69, 9.17) is 9.26 Å². The first-order valence-electron chi connectivity index (χ1n) is 8.12. The third kappa shape index (κ3) is 4.30. The van der Waals surface area contributed by atoms with Crippen molar-refractivity contribution in [3.05, 3.63) is 65.2 Å². The second-order valence-corrected chi connectivity index (χ2v) is 5.90. The molecule has 8 nitrogen and oxygen atoms in total. The molecule has 138 valence electrons. The predicted octanol–water partition coefficient (Wildman–Crippen LogP) is 3.20. The summed E-state index contributed by atoms with van der Waals surface area (Å²) in [5.41, 5.74) is 1.97. The van der Waals surface area contributed by atoms with E-state index in [1.165, 1.54) is 25.6 Å². The van der Waals surface area contributed by atoms with Crippen LogP contribution in [-0.2, 0) is 0 Å².